The topological polar surface area (TPSA) is 59.5 Å². The van der Waals surface area contributed by atoms with Crippen molar-refractivity contribution in [3.8, 4) is 0 Å². The third kappa shape index (κ3) is 3.33. The highest BCUT2D eigenvalue weighted by Gasteiger charge is 2.34. The van der Waals surface area contributed by atoms with Crippen LogP contribution in [0.2, 0.25) is 5.15 Å². The number of ether oxygens (including phenoxy) is 1. The zero-order valence-electron chi connectivity index (χ0n) is 12.8. The van der Waals surface area contributed by atoms with Crippen LogP contribution in [0.1, 0.15) is 26.3 Å². The number of aromatic nitrogens is 1. The van der Waals surface area contributed by atoms with E-state index in [2.05, 4.69) is 9.88 Å². The van der Waals surface area contributed by atoms with Crippen molar-refractivity contribution in [3.05, 3.63) is 22.8 Å². The molecule has 0 aliphatic carbocycles. The summed E-state index contributed by atoms with van der Waals surface area (Å²) in [5.74, 6) is 0.699. The highest BCUT2D eigenvalue weighted by molar-refractivity contribution is 7.91. The Kier molecular flexibility index (Phi) is 4.52. The van der Waals surface area contributed by atoms with E-state index in [-0.39, 0.29) is 6.04 Å². The van der Waals surface area contributed by atoms with E-state index in [1.54, 1.807) is 19.9 Å². The van der Waals surface area contributed by atoms with Crippen molar-refractivity contribution in [2.24, 2.45) is 0 Å². The number of morpholine rings is 1. The number of sulfone groups is 1. The van der Waals surface area contributed by atoms with Crippen LogP contribution in [-0.4, -0.2) is 45.5 Å². The number of nitrogens with zero attached hydrogens (tertiary/aromatic N) is 2. The lowest BCUT2D eigenvalue weighted by Crippen LogP contribution is -2.44. The first-order chi connectivity index (χ1) is 9.63. The number of hydrogen-bond acceptors (Lipinski definition) is 5. The maximum atomic E-state index is 12.0. The third-order valence-corrected chi connectivity index (χ3v) is 6.35. The lowest BCUT2D eigenvalue weighted by Gasteiger charge is -2.35. The van der Waals surface area contributed by atoms with Gasteiger partial charge >= 0.3 is 0 Å². The van der Waals surface area contributed by atoms with Gasteiger partial charge < -0.3 is 9.64 Å². The fraction of sp³-hybridized carbons (Fsp3) is 0.643. The van der Waals surface area contributed by atoms with Crippen molar-refractivity contribution in [3.63, 3.8) is 0 Å². The Morgan fingerprint density at radius 3 is 2.67 bits per heavy atom. The molecule has 1 aromatic heterocycles. The van der Waals surface area contributed by atoms with Crippen LogP contribution >= 0.6 is 11.6 Å². The van der Waals surface area contributed by atoms with Crippen LogP contribution in [0, 0.1) is 0 Å². The van der Waals surface area contributed by atoms with Gasteiger partial charge in [0.1, 0.15) is 11.0 Å². The number of rotatable bonds is 3. The Labute approximate surface area is 131 Å². The van der Waals surface area contributed by atoms with Crippen molar-refractivity contribution in [1.29, 1.82) is 0 Å². The minimum Gasteiger partial charge on any atom is -0.377 e. The van der Waals surface area contributed by atoms with Gasteiger partial charge in [0.15, 0.2) is 9.84 Å². The monoisotopic (exact) mass is 332 g/mol. The molecule has 1 unspecified atom stereocenters. The van der Waals surface area contributed by atoms with Gasteiger partial charge in [-0.05, 0) is 38.5 Å². The Morgan fingerprint density at radius 2 is 2.10 bits per heavy atom. The van der Waals surface area contributed by atoms with E-state index in [1.165, 1.54) is 6.26 Å². The molecule has 0 amide bonds. The van der Waals surface area contributed by atoms with Crippen LogP contribution in [0.25, 0.3) is 0 Å². The SMILES string of the molecule is CC1COCCN1c1cc(C(C)(C)S(C)(=O)=O)cc(Cl)n1. The first kappa shape index (κ1) is 16.5. The fourth-order valence-electron chi connectivity index (χ4n) is 2.26. The van der Waals surface area contributed by atoms with Crippen LogP contribution in [0.5, 0.6) is 0 Å². The molecule has 1 fully saturated rings. The second kappa shape index (κ2) is 5.74. The average molecular weight is 333 g/mol. The predicted molar refractivity (Wildman–Crippen MR) is 84.7 cm³/mol. The van der Waals surface area contributed by atoms with E-state index >= 15 is 0 Å². The Morgan fingerprint density at radius 1 is 1.43 bits per heavy atom. The summed E-state index contributed by atoms with van der Waals surface area (Å²) in [5, 5.41) is 0.304. The van der Waals surface area contributed by atoms with Crippen LogP contribution in [0.3, 0.4) is 0 Å². The van der Waals surface area contributed by atoms with Gasteiger partial charge in [0.2, 0.25) is 0 Å². The summed E-state index contributed by atoms with van der Waals surface area (Å²) in [5.41, 5.74) is 0.652. The maximum absolute atomic E-state index is 12.0. The summed E-state index contributed by atoms with van der Waals surface area (Å²) in [7, 11) is -3.26. The highest BCUT2D eigenvalue weighted by Crippen LogP contribution is 2.33. The van der Waals surface area contributed by atoms with Gasteiger partial charge in [-0.2, -0.15) is 0 Å². The largest absolute Gasteiger partial charge is 0.377 e. The number of pyridine rings is 1. The van der Waals surface area contributed by atoms with Gasteiger partial charge in [-0.1, -0.05) is 11.6 Å². The summed E-state index contributed by atoms with van der Waals surface area (Å²) in [6.07, 6.45) is 1.23. The normalized spacial score (nSPS) is 20.6. The van der Waals surface area contributed by atoms with Crippen molar-refractivity contribution in [2.75, 3.05) is 30.9 Å². The van der Waals surface area contributed by atoms with Crippen LogP contribution < -0.4 is 4.90 Å². The summed E-state index contributed by atoms with van der Waals surface area (Å²) >= 11 is 6.11. The lowest BCUT2D eigenvalue weighted by atomic mass is 10.0. The zero-order valence-corrected chi connectivity index (χ0v) is 14.3. The van der Waals surface area contributed by atoms with Crippen molar-refractivity contribution in [2.45, 2.75) is 31.6 Å². The molecule has 1 aliphatic rings. The van der Waals surface area contributed by atoms with Crippen LogP contribution in [-0.2, 0) is 19.3 Å². The molecule has 0 saturated carbocycles. The van der Waals surface area contributed by atoms with E-state index in [0.29, 0.717) is 36.3 Å². The standard InChI is InChI=1S/C14H21ClN2O3S/c1-10-9-20-6-5-17(10)13-8-11(7-12(15)16-13)14(2,3)21(4,18)19/h7-8,10H,5-6,9H2,1-4H3. The summed E-state index contributed by atoms with van der Waals surface area (Å²) in [4.78, 5) is 6.44. The van der Waals surface area contributed by atoms with E-state index < -0.39 is 14.6 Å². The first-order valence-electron chi connectivity index (χ1n) is 6.85. The average Bonchev–Trinajstić information content (AvgIpc) is 2.37. The molecule has 2 heterocycles. The van der Waals surface area contributed by atoms with Crippen LogP contribution in [0.15, 0.2) is 12.1 Å². The van der Waals surface area contributed by atoms with E-state index in [4.69, 9.17) is 16.3 Å². The van der Waals surface area contributed by atoms with Gasteiger partial charge in [-0.3, -0.25) is 0 Å². The molecule has 0 spiro atoms. The molecule has 2 rings (SSSR count). The Balaban J connectivity index is 2.47. The van der Waals surface area contributed by atoms with Gasteiger partial charge in [0, 0.05) is 12.8 Å². The zero-order chi connectivity index (χ0) is 15.8. The minimum absolute atomic E-state index is 0.180. The summed E-state index contributed by atoms with van der Waals surface area (Å²) in [6.45, 7) is 7.37. The first-order valence-corrected chi connectivity index (χ1v) is 9.12. The number of halogens is 1. The van der Waals surface area contributed by atoms with E-state index in [9.17, 15) is 8.42 Å². The smallest absolute Gasteiger partial charge is 0.156 e. The van der Waals surface area contributed by atoms with Crippen molar-refractivity contribution < 1.29 is 13.2 Å². The molecule has 0 bridgehead atoms. The fourth-order valence-corrected chi connectivity index (χ4v) is 3.01. The second-order valence-electron chi connectivity index (χ2n) is 5.94. The molecule has 1 atom stereocenters. The van der Waals surface area contributed by atoms with Gasteiger partial charge in [-0.15, -0.1) is 0 Å². The molecule has 5 nitrogen and oxygen atoms in total. The summed E-state index contributed by atoms with van der Waals surface area (Å²) < 4.78 is 28.4. The maximum Gasteiger partial charge on any atom is 0.156 e. The highest BCUT2D eigenvalue weighted by atomic mass is 35.5. The third-order valence-electron chi connectivity index (χ3n) is 4.06. The molecule has 7 heteroatoms. The molecule has 1 aromatic rings. The van der Waals surface area contributed by atoms with Crippen molar-refractivity contribution in [1.82, 2.24) is 4.98 Å². The lowest BCUT2D eigenvalue weighted by molar-refractivity contribution is 0.0985. The molecule has 0 N–H and O–H groups in total. The van der Waals surface area contributed by atoms with E-state index in [0.717, 1.165) is 0 Å². The molecule has 1 aliphatic heterocycles. The molecule has 0 radical (unpaired) electrons. The molecule has 118 valence electrons. The quantitative estimate of drug-likeness (QED) is 0.794. The molecular weight excluding hydrogens is 312 g/mol. The second-order valence-corrected chi connectivity index (χ2v) is 8.89. The van der Waals surface area contributed by atoms with Gasteiger partial charge in [-0.25, -0.2) is 13.4 Å². The molecular formula is C14H21ClN2O3S. The van der Waals surface area contributed by atoms with Crippen LogP contribution in [0.4, 0.5) is 5.82 Å². The Bertz CT molecular complexity index is 631. The van der Waals surface area contributed by atoms with Crippen molar-refractivity contribution >= 4 is 27.3 Å². The molecule has 21 heavy (non-hydrogen) atoms. The van der Waals surface area contributed by atoms with E-state index in [1.807, 2.05) is 13.0 Å². The number of hydrogen-bond donors (Lipinski definition) is 0. The predicted octanol–water partition coefficient (Wildman–Crippen LogP) is 2.24. The molecule has 1 saturated heterocycles. The molecule has 0 aromatic carbocycles. The number of anilines is 1. The Hall–Kier alpha value is -0.850. The van der Waals surface area contributed by atoms with Gasteiger partial charge in [0.05, 0.1) is 24.0 Å². The minimum atomic E-state index is -3.26. The summed E-state index contributed by atoms with van der Waals surface area (Å²) in [6, 6.07) is 3.62. The van der Waals surface area contributed by atoms with Gasteiger partial charge in [0.25, 0.3) is 0 Å².